The van der Waals surface area contributed by atoms with Crippen LogP contribution < -0.4 is 10.1 Å². The molecule has 2 aliphatic rings. The molecule has 6 nitrogen and oxygen atoms in total. The van der Waals surface area contributed by atoms with Gasteiger partial charge in [-0.3, -0.25) is 9.69 Å². The number of fused-ring (bicyclic) bond motifs is 1. The number of amides is 1. The maximum atomic E-state index is 13.0. The molecule has 4 rings (SSSR count). The standard InChI is InChI=1S/C23H32F2N4O2S2/c1-15-11-18(33-28-15)12-21(30)26-17-5-3-16(4-6-17)7-9-29-10-8-20-19(13-29)27-22(32-20)31-14-23(2,24)25/h11,16-17H,3-10,12-14H2,1-2H3,(H,26,30)/t16-,17-. The Morgan fingerprint density at radius 3 is 2.82 bits per heavy atom. The van der Waals surface area contributed by atoms with Crippen molar-refractivity contribution in [2.75, 3.05) is 19.7 Å². The van der Waals surface area contributed by atoms with Gasteiger partial charge in [0.2, 0.25) is 5.91 Å². The summed E-state index contributed by atoms with van der Waals surface area (Å²) in [6, 6.07) is 2.26. The van der Waals surface area contributed by atoms with Gasteiger partial charge in [0.15, 0.2) is 6.61 Å². The first kappa shape index (κ1) is 24.5. The smallest absolute Gasteiger partial charge is 0.278 e. The maximum Gasteiger partial charge on any atom is 0.278 e. The lowest BCUT2D eigenvalue weighted by Gasteiger charge is -2.32. The van der Waals surface area contributed by atoms with E-state index in [1.807, 2.05) is 13.0 Å². The highest BCUT2D eigenvalue weighted by atomic mass is 32.1. The number of nitrogens with one attached hydrogen (secondary N) is 1. The summed E-state index contributed by atoms with van der Waals surface area (Å²) in [5.41, 5.74) is 1.95. The average Bonchev–Trinajstić information content (AvgIpc) is 3.36. The van der Waals surface area contributed by atoms with Crippen LogP contribution in [0.4, 0.5) is 8.78 Å². The molecule has 1 saturated carbocycles. The highest BCUT2D eigenvalue weighted by Crippen LogP contribution is 2.32. The zero-order valence-electron chi connectivity index (χ0n) is 19.2. The molecule has 1 amide bonds. The second-order valence-corrected chi connectivity index (χ2v) is 11.4. The number of thiazole rings is 1. The van der Waals surface area contributed by atoms with E-state index in [2.05, 4.69) is 19.6 Å². The van der Waals surface area contributed by atoms with Crippen molar-refractivity contribution in [2.24, 2.45) is 5.92 Å². The third-order valence-electron chi connectivity index (χ3n) is 6.31. The molecule has 2 aromatic rings. The minimum Gasteiger partial charge on any atom is -0.464 e. The van der Waals surface area contributed by atoms with Crippen LogP contribution in [0.15, 0.2) is 6.07 Å². The Hall–Kier alpha value is -1.65. The molecule has 3 heterocycles. The zero-order chi connectivity index (χ0) is 23.4. The number of halogens is 2. The van der Waals surface area contributed by atoms with E-state index in [1.165, 1.54) is 22.9 Å². The first-order chi connectivity index (χ1) is 15.7. The second-order valence-electron chi connectivity index (χ2n) is 9.42. The maximum absolute atomic E-state index is 13.0. The SMILES string of the molecule is Cc1cc(CC(=O)N[C@H]2CC[C@H](CCN3CCc4sc(OCC(C)(F)F)nc4C3)CC2)sn1. The van der Waals surface area contributed by atoms with Gasteiger partial charge in [-0.05, 0) is 75.5 Å². The fourth-order valence-corrected chi connectivity index (χ4v) is 6.21. The summed E-state index contributed by atoms with van der Waals surface area (Å²) in [7, 11) is 0. The van der Waals surface area contributed by atoms with Crippen molar-refractivity contribution in [3.05, 3.63) is 27.2 Å². The van der Waals surface area contributed by atoms with E-state index < -0.39 is 12.5 Å². The van der Waals surface area contributed by atoms with Gasteiger partial charge >= 0.3 is 0 Å². The summed E-state index contributed by atoms with van der Waals surface area (Å²) in [5.74, 6) is -2.06. The lowest BCUT2D eigenvalue weighted by molar-refractivity contribution is -0.121. The Bertz CT molecular complexity index is 935. The van der Waals surface area contributed by atoms with Crippen molar-refractivity contribution in [2.45, 2.75) is 77.3 Å². The Balaban J connectivity index is 1.15. The number of alkyl halides is 2. The van der Waals surface area contributed by atoms with Crippen LogP contribution in [-0.2, 0) is 24.2 Å². The molecule has 0 bridgehead atoms. The molecular weight excluding hydrogens is 466 g/mol. The van der Waals surface area contributed by atoms with Crippen molar-refractivity contribution in [1.82, 2.24) is 19.6 Å². The molecular formula is C23H32F2N4O2S2. The lowest BCUT2D eigenvalue weighted by atomic mass is 9.84. The number of aryl methyl sites for hydroxylation is 1. The quantitative estimate of drug-likeness (QED) is 0.547. The van der Waals surface area contributed by atoms with Gasteiger partial charge < -0.3 is 10.1 Å². The molecule has 1 aliphatic heterocycles. The van der Waals surface area contributed by atoms with Gasteiger partial charge in [0.1, 0.15) is 0 Å². The first-order valence-corrected chi connectivity index (χ1v) is 13.3. The van der Waals surface area contributed by atoms with Crippen molar-refractivity contribution in [1.29, 1.82) is 0 Å². The van der Waals surface area contributed by atoms with E-state index in [1.54, 1.807) is 0 Å². The van der Waals surface area contributed by atoms with E-state index in [0.29, 0.717) is 17.5 Å². The number of rotatable bonds is 9. The molecule has 0 saturated heterocycles. The monoisotopic (exact) mass is 498 g/mol. The average molecular weight is 499 g/mol. The number of aromatic nitrogens is 2. The highest BCUT2D eigenvalue weighted by molar-refractivity contribution is 7.13. The summed E-state index contributed by atoms with van der Waals surface area (Å²) < 4.78 is 35.5. The number of nitrogens with zero attached hydrogens (tertiary/aromatic N) is 3. The van der Waals surface area contributed by atoms with Crippen molar-refractivity contribution >= 4 is 28.8 Å². The van der Waals surface area contributed by atoms with Crippen LogP contribution in [-0.4, -0.2) is 51.8 Å². The number of carbonyl (C=O) groups is 1. The van der Waals surface area contributed by atoms with Crippen LogP contribution in [0.25, 0.3) is 0 Å². The molecule has 182 valence electrons. The Labute approximate surface area is 201 Å². The third-order valence-corrected chi connectivity index (χ3v) is 8.26. The van der Waals surface area contributed by atoms with Gasteiger partial charge in [0.25, 0.3) is 11.1 Å². The predicted molar refractivity (Wildman–Crippen MR) is 126 cm³/mol. The minimum atomic E-state index is -2.85. The van der Waals surface area contributed by atoms with Crippen LogP contribution in [0.3, 0.4) is 0 Å². The molecule has 10 heteroatoms. The number of hydrogen-bond acceptors (Lipinski definition) is 7. The summed E-state index contributed by atoms with van der Waals surface area (Å²) >= 11 is 2.80. The molecule has 0 unspecified atom stereocenters. The molecule has 0 spiro atoms. The zero-order valence-corrected chi connectivity index (χ0v) is 20.9. The molecule has 0 aromatic carbocycles. The topological polar surface area (TPSA) is 67.4 Å². The number of hydrogen-bond donors (Lipinski definition) is 1. The summed E-state index contributed by atoms with van der Waals surface area (Å²) in [6.45, 7) is 4.93. The van der Waals surface area contributed by atoms with Gasteiger partial charge in [0.05, 0.1) is 17.8 Å². The van der Waals surface area contributed by atoms with Gasteiger partial charge in [0, 0.05) is 35.8 Å². The Morgan fingerprint density at radius 1 is 1.33 bits per heavy atom. The van der Waals surface area contributed by atoms with E-state index >= 15 is 0 Å². The molecule has 1 N–H and O–H groups in total. The Morgan fingerprint density at radius 2 is 2.12 bits per heavy atom. The summed E-state index contributed by atoms with van der Waals surface area (Å²) in [6.07, 6.45) is 6.83. The molecule has 0 radical (unpaired) electrons. The molecule has 0 atom stereocenters. The van der Waals surface area contributed by atoms with Gasteiger partial charge in [-0.2, -0.15) is 4.37 Å². The lowest BCUT2D eigenvalue weighted by Crippen LogP contribution is -2.39. The minimum absolute atomic E-state index is 0.0977. The van der Waals surface area contributed by atoms with Gasteiger partial charge in [-0.25, -0.2) is 13.8 Å². The van der Waals surface area contributed by atoms with Crippen LogP contribution in [0, 0.1) is 12.8 Å². The van der Waals surface area contributed by atoms with E-state index in [9.17, 15) is 13.6 Å². The van der Waals surface area contributed by atoms with Crippen molar-refractivity contribution < 1.29 is 18.3 Å². The van der Waals surface area contributed by atoms with Gasteiger partial charge in [-0.1, -0.05) is 11.3 Å². The number of carbonyl (C=O) groups excluding carboxylic acids is 1. The first-order valence-electron chi connectivity index (χ1n) is 11.7. The fraction of sp³-hybridized carbons (Fsp3) is 0.696. The van der Waals surface area contributed by atoms with Crippen LogP contribution in [0.2, 0.25) is 0 Å². The summed E-state index contributed by atoms with van der Waals surface area (Å²) in [4.78, 5) is 21.3. The van der Waals surface area contributed by atoms with Crippen LogP contribution >= 0.6 is 22.9 Å². The van der Waals surface area contributed by atoms with Crippen molar-refractivity contribution in [3.63, 3.8) is 0 Å². The summed E-state index contributed by atoms with van der Waals surface area (Å²) in [5, 5.41) is 3.55. The largest absolute Gasteiger partial charge is 0.464 e. The normalized spacial score (nSPS) is 21.6. The second kappa shape index (κ2) is 10.7. The number of ether oxygens (including phenoxy) is 1. The Kier molecular flexibility index (Phi) is 7.96. The van der Waals surface area contributed by atoms with Crippen LogP contribution in [0.5, 0.6) is 5.19 Å². The molecule has 2 aromatic heterocycles. The van der Waals surface area contributed by atoms with Gasteiger partial charge in [-0.15, -0.1) is 0 Å². The van der Waals surface area contributed by atoms with Crippen molar-refractivity contribution in [3.8, 4) is 5.19 Å². The highest BCUT2D eigenvalue weighted by Gasteiger charge is 2.27. The fourth-order valence-electron chi connectivity index (χ4n) is 4.57. The third kappa shape index (κ3) is 7.42. The molecule has 1 aliphatic carbocycles. The molecule has 33 heavy (non-hydrogen) atoms. The predicted octanol–water partition coefficient (Wildman–Crippen LogP) is 4.61. The van der Waals surface area contributed by atoms with E-state index in [0.717, 1.165) is 86.2 Å². The van der Waals surface area contributed by atoms with E-state index in [-0.39, 0.29) is 11.9 Å². The van der Waals surface area contributed by atoms with Crippen LogP contribution in [0.1, 0.15) is 60.2 Å². The molecule has 1 fully saturated rings. The van der Waals surface area contributed by atoms with E-state index in [4.69, 9.17) is 4.74 Å².